The largest absolute Gasteiger partial charge is 0.367 e. The second-order valence-corrected chi connectivity index (χ2v) is 5.05. The van der Waals surface area contributed by atoms with Gasteiger partial charge in [0.15, 0.2) is 0 Å². The van der Waals surface area contributed by atoms with Crippen molar-refractivity contribution in [1.29, 1.82) is 0 Å². The molecule has 6 nitrogen and oxygen atoms in total. The predicted octanol–water partition coefficient (Wildman–Crippen LogP) is 2.44. The van der Waals surface area contributed by atoms with Crippen LogP contribution in [0.5, 0.6) is 0 Å². The highest BCUT2D eigenvalue weighted by Crippen LogP contribution is 2.30. The molecule has 21 heavy (non-hydrogen) atoms. The maximum absolute atomic E-state index is 11.1. The van der Waals surface area contributed by atoms with Crippen molar-refractivity contribution in [3.63, 3.8) is 0 Å². The van der Waals surface area contributed by atoms with E-state index in [9.17, 15) is 10.1 Å². The van der Waals surface area contributed by atoms with Gasteiger partial charge in [0, 0.05) is 24.8 Å². The fourth-order valence-corrected chi connectivity index (χ4v) is 2.74. The Morgan fingerprint density at radius 2 is 2.10 bits per heavy atom. The number of nitrogen functional groups attached to an aromatic ring is 1. The summed E-state index contributed by atoms with van der Waals surface area (Å²) in [6, 6.07) is 13.4. The minimum atomic E-state index is -0.420. The maximum Gasteiger partial charge on any atom is 0.293 e. The van der Waals surface area contributed by atoms with E-state index < -0.39 is 4.92 Å². The molecule has 1 aliphatic heterocycles. The monoisotopic (exact) mass is 284 g/mol. The zero-order valence-electron chi connectivity index (χ0n) is 11.5. The zero-order chi connectivity index (χ0) is 14.8. The van der Waals surface area contributed by atoms with Gasteiger partial charge < -0.3 is 10.3 Å². The molecule has 0 bridgehead atoms. The fraction of sp³-hybridized carbons (Fsp3) is 0.200. The molecule has 0 atom stereocenters. The molecule has 2 aromatic carbocycles. The molecule has 0 saturated carbocycles. The minimum absolute atomic E-state index is 0.00230. The molecule has 108 valence electrons. The van der Waals surface area contributed by atoms with Crippen molar-refractivity contribution in [3.05, 3.63) is 63.7 Å². The van der Waals surface area contributed by atoms with Crippen LogP contribution in [-0.4, -0.2) is 11.5 Å². The highest BCUT2D eigenvalue weighted by atomic mass is 16.6. The van der Waals surface area contributed by atoms with Gasteiger partial charge in [-0.1, -0.05) is 24.3 Å². The van der Waals surface area contributed by atoms with Gasteiger partial charge in [0.05, 0.1) is 4.92 Å². The molecule has 0 spiro atoms. The Labute approximate surface area is 122 Å². The Morgan fingerprint density at radius 3 is 2.86 bits per heavy atom. The van der Waals surface area contributed by atoms with Crippen molar-refractivity contribution < 1.29 is 4.92 Å². The van der Waals surface area contributed by atoms with E-state index in [2.05, 4.69) is 22.5 Å². The van der Waals surface area contributed by atoms with E-state index in [1.165, 1.54) is 11.3 Å². The summed E-state index contributed by atoms with van der Waals surface area (Å²) in [7, 11) is 0. The standard InChI is InChI=1S/C15H16N4O2/c16-17-13-6-5-11(9-15(13)19(20)21)10-18-8-7-12-3-1-2-4-14(12)18/h1-6,9,17H,7-8,10,16H2. The minimum Gasteiger partial charge on any atom is -0.367 e. The van der Waals surface area contributed by atoms with Crippen molar-refractivity contribution >= 4 is 17.1 Å². The average Bonchev–Trinajstić information content (AvgIpc) is 2.90. The molecule has 0 fully saturated rings. The van der Waals surface area contributed by atoms with Crippen LogP contribution in [0.1, 0.15) is 11.1 Å². The first kappa shape index (κ1) is 13.4. The molecule has 0 aromatic heterocycles. The molecule has 2 aromatic rings. The Balaban J connectivity index is 1.86. The Hall–Kier alpha value is -2.60. The number of nitro benzene ring substituents is 1. The highest BCUT2D eigenvalue weighted by Gasteiger charge is 2.20. The van der Waals surface area contributed by atoms with E-state index in [4.69, 9.17) is 5.84 Å². The molecule has 3 N–H and O–H groups in total. The van der Waals surface area contributed by atoms with Gasteiger partial charge in [-0.2, -0.15) is 0 Å². The number of nitrogens with one attached hydrogen (secondary N) is 1. The van der Waals surface area contributed by atoms with E-state index in [1.807, 2.05) is 18.2 Å². The van der Waals surface area contributed by atoms with Gasteiger partial charge in [0.1, 0.15) is 5.69 Å². The number of nitrogens with zero attached hydrogens (tertiary/aromatic N) is 2. The van der Waals surface area contributed by atoms with E-state index in [-0.39, 0.29) is 5.69 Å². The van der Waals surface area contributed by atoms with Crippen LogP contribution in [0, 0.1) is 10.1 Å². The van der Waals surface area contributed by atoms with Crippen LogP contribution in [0.15, 0.2) is 42.5 Å². The lowest BCUT2D eigenvalue weighted by atomic mass is 10.1. The highest BCUT2D eigenvalue weighted by molar-refractivity contribution is 5.63. The van der Waals surface area contributed by atoms with Crippen LogP contribution in [0.2, 0.25) is 0 Å². The predicted molar refractivity (Wildman–Crippen MR) is 82.1 cm³/mol. The van der Waals surface area contributed by atoms with Crippen LogP contribution in [0.25, 0.3) is 0 Å². The molecule has 0 aliphatic carbocycles. The Kier molecular flexibility index (Phi) is 3.45. The fourth-order valence-electron chi connectivity index (χ4n) is 2.74. The van der Waals surface area contributed by atoms with E-state index >= 15 is 0 Å². The molecule has 3 rings (SSSR count). The number of hydrogen-bond donors (Lipinski definition) is 2. The van der Waals surface area contributed by atoms with E-state index in [0.717, 1.165) is 18.5 Å². The molecule has 0 saturated heterocycles. The van der Waals surface area contributed by atoms with Crippen molar-refractivity contribution in [3.8, 4) is 0 Å². The van der Waals surface area contributed by atoms with Crippen LogP contribution in [-0.2, 0) is 13.0 Å². The van der Waals surface area contributed by atoms with Crippen LogP contribution in [0.4, 0.5) is 17.1 Å². The van der Waals surface area contributed by atoms with Crippen molar-refractivity contribution in [2.24, 2.45) is 5.84 Å². The lowest BCUT2D eigenvalue weighted by Crippen LogP contribution is -2.19. The topological polar surface area (TPSA) is 84.4 Å². The van der Waals surface area contributed by atoms with Crippen LogP contribution >= 0.6 is 0 Å². The molecule has 0 unspecified atom stereocenters. The quantitative estimate of drug-likeness (QED) is 0.512. The number of rotatable bonds is 4. The summed E-state index contributed by atoms with van der Waals surface area (Å²) in [4.78, 5) is 12.9. The van der Waals surface area contributed by atoms with Gasteiger partial charge in [-0.15, -0.1) is 0 Å². The van der Waals surface area contributed by atoms with Crippen LogP contribution in [0.3, 0.4) is 0 Å². The second-order valence-electron chi connectivity index (χ2n) is 5.05. The first-order valence-corrected chi connectivity index (χ1v) is 6.76. The first-order chi connectivity index (χ1) is 10.2. The summed E-state index contributed by atoms with van der Waals surface area (Å²) < 4.78 is 0. The number of nitrogens with two attached hydrogens (primary N) is 1. The van der Waals surface area contributed by atoms with Gasteiger partial charge in [-0.25, -0.2) is 0 Å². The Bertz CT molecular complexity index is 687. The molecule has 6 heteroatoms. The Morgan fingerprint density at radius 1 is 1.29 bits per heavy atom. The molecule has 0 radical (unpaired) electrons. The summed E-state index contributed by atoms with van der Waals surface area (Å²) in [6.45, 7) is 1.59. The lowest BCUT2D eigenvalue weighted by molar-refractivity contribution is -0.384. The first-order valence-electron chi connectivity index (χ1n) is 6.76. The van der Waals surface area contributed by atoms with Gasteiger partial charge in [-0.05, 0) is 29.7 Å². The third-order valence-corrected chi connectivity index (χ3v) is 3.77. The van der Waals surface area contributed by atoms with Gasteiger partial charge in [0.2, 0.25) is 0 Å². The summed E-state index contributed by atoms with van der Waals surface area (Å²) in [5, 5.41) is 11.1. The molecule has 1 heterocycles. The number of fused-ring (bicyclic) bond motifs is 1. The van der Waals surface area contributed by atoms with Crippen molar-refractivity contribution in [2.75, 3.05) is 16.9 Å². The van der Waals surface area contributed by atoms with Crippen molar-refractivity contribution in [1.82, 2.24) is 0 Å². The normalized spacial score (nSPS) is 13.1. The third kappa shape index (κ3) is 2.53. The third-order valence-electron chi connectivity index (χ3n) is 3.77. The molecular weight excluding hydrogens is 268 g/mol. The number of para-hydroxylation sites is 1. The molecule has 1 aliphatic rings. The van der Waals surface area contributed by atoms with Crippen molar-refractivity contribution in [2.45, 2.75) is 13.0 Å². The number of benzene rings is 2. The molecular formula is C15H16N4O2. The van der Waals surface area contributed by atoms with E-state index in [1.54, 1.807) is 12.1 Å². The van der Waals surface area contributed by atoms with Gasteiger partial charge in [0.25, 0.3) is 5.69 Å². The summed E-state index contributed by atoms with van der Waals surface area (Å²) in [5.41, 5.74) is 6.12. The summed E-state index contributed by atoms with van der Waals surface area (Å²) >= 11 is 0. The second kappa shape index (κ2) is 5.41. The van der Waals surface area contributed by atoms with Gasteiger partial charge in [-0.3, -0.25) is 16.0 Å². The smallest absolute Gasteiger partial charge is 0.293 e. The average molecular weight is 284 g/mol. The number of hydrogen-bond acceptors (Lipinski definition) is 5. The maximum atomic E-state index is 11.1. The number of anilines is 2. The summed E-state index contributed by atoms with van der Waals surface area (Å²) in [5.74, 6) is 5.30. The number of hydrazine groups is 1. The number of nitro groups is 1. The van der Waals surface area contributed by atoms with Crippen LogP contribution < -0.4 is 16.2 Å². The SMILES string of the molecule is NNc1ccc(CN2CCc3ccccc32)cc1[N+](=O)[O-]. The lowest BCUT2D eigenvalue weighted by Gasteiger charge is -2.19. The zero-order valence-corrected chi connectivity index (χ0v) is 11.5. The van der Waals surface area contributed by atoms with Gasteiger partial charge >= 0.3 is 0 Å². The molecule has 0 amide bonds. The summed E-state index contributed by atoms with van der Waals surface area (Å²) in [6.07, 6.45) is 1.01. The van der Waals surface area contributed by atoms with E-state index in [0.29, 0.717) is 12.2 Å².